The van der Waals surface area contributed by atoms with Crippen molar-refractivity contribution in [3.8, 4) is 6.07 Å². The summed E-state index contributed by atoms with van der Waals surface area (Å²) in [6, 6.07) is 9.81. The van der Waals surface area contributed by atoms with Crippen LogP contribution in [0.15, 0.2) is 42.1 Å². The van der Waals surface area contributed by atoms with E-state index in [9.17, 15) is 0 Å². The zero-order chi connectivity index (χ0) is 11.7. The molecule has 1 aliphatic carbocycles. The Balaban J connectivity index is 2.78. The third-order valence-corrected chi connectivity index (χ3v) is 2.99. The fourth-order valence-electron chi connectivity index (χ4n) is 2.10. The smallest absolute Gasteiger partial charge is 0.226 e. The van der Waals surface area contributed by atoms with Crippen LogP contribution in [0, 0.1) is 17.9 Å². The summed E-state index contributed by atoms with van der Waals surface area (Å²) >= 11 is 0. The Morgan fingerprint density at radius 1 is 1.50 bits per heavy atom. The summed E-state index contributed by atoms with van der Waals surface area (Å²) in [5.74, 6) is 0.191. The van der Waals surface area contributed by atoms with E-state index in [1.807, 2.05) is 37.3 Å². The number of benzene rings is 1. The van der Waals surface area contributed by atoms with Crippen molar-refractivity contribution in [3.05, 3.63) is 64.7 Å². The Morgan fingerprint density at radius 2 is 2.19 bits per heavy atom. The van der Waals surface area contributed by atoms with Crippen molar-refractivity contribution in [2.75, 3.05) is 0 Å². The molecule has 0 radical (unpaired) electrons. The molecule has 0 amide bonds. The maximum absolute atomic E-state index is 8.95. The average Bonchev–Trinajstić information content (AvgIpc) is 2.57. The number of nitriles is 1. The van der Waals surface area contributed by atoms with Gasteiger partial charge in [0.25, 0.3) is 5.70 Å². The molecule has 0 saturated carbocycles. The minimum Gasteiger partial charge on any atom is -0.226 e. The zero-order valence-corrected chi connectivity index (χ0v) is 8.99. The first-order valence-electron chi connectivity index (χ1n) is 5.01. The van der Waals surface area contributed by atoms with Gasteiger partial charge in [0.05, 0.1) is 12.6 Å². The summed E-state index contributed by atoms with van der Waals surface area (Å²) in [4.78, 5) is 3.28. The third-order valence-electron chi connectivity index (χ3n) is 2.99. The van der Waals surface area contributed by atoms with Crippen molar-refractivity contribution in [1.29, 1.82) is 5.26 Å². The summed E-state index contributed by atoms with van der Waals surface area (Å²) in [5.41, 5.74) is 3.86. The van der Waals surface area contributed by atoms with Crippen LogP contribution in [0.2, 0.25) is 0 Å². The van der Waals surface area contributed by atoms with Gasteiger partial charge in [-0.1, -0.05) is 37.8 Å². The van der Waals surface area contributed by atoms with Gasteiger partial charge in [-0.15, -0.1) is 0 Å². The van der Waals surface area contributed by atoms with E-state index in [0.29, 0.717) is 0 Å². The molecule has 2 heteroatoms. The van der Waals surface area contributed by atoms with E-state index in [0.717, 1.165) is 22.3 Å². The first-order valence-corrected chi connectivity index (χ1v) is 5.01. The van der Waals surface area contributed by atoms with Crippen LogP contribution in [0.1, 0.15) is 24.0 Å². The SMILES string of the molecule is [C-]#[N+]/C(C#N)=C1/C(=C)C(C)c2ccccc21. The van der Waals surface area contributed by atoms with Crippen LogP contribution in [0.4, 0.5) is 0 Å². The van der Waals surface area contributed by atoms with Gasteiger partial charge in [-0.3, -0.25) is 0 Å². The molecule has 0 heterocycles. The molecule has 2 nitrogen and oxygen atoms in total. The molecule has 0 spiro atoms. The molecule has 1 aliphatic rings. The number of nitrogens with zero attached hydrogens (tertiary/aromatic N) is 2. The molecule has 0 N–H and O–H groups in total. The Hall–Kier alpha value is -2.32. The lowest BCUT2D eigenvalue weighted by Crippen LogP contribution is -1.87. The highest BCUT2D eigenvalue weighted by Crippen LogP contribution is 2.45. The summed E-state index contributed by atoms with van der Waals surface area (Å²) in [6.45, 7) is 13.1. The predicted octanol–water partition coefficient (Wildman–Crippen LogP) is 3.51. The van der Waals surface area contributed by atoms with E-state index < -0.39 is 0 Å². The summed E-state index contributed by atoms with van der Waals surface area (Å²) < 4.78 is 0. The second kappa shape index (κ2) is 3.68. The van der Waals surface area contributed by atoms with E-state index in [1.54, 1.807) is 0 Å². The monoisotopic (exact) mass is 206 g/mol. The summed E-state index contributed by atoms with van der Waals surface area (Å²) in [6.07, 6.45) is 0. The Morgan fingerprint density at radius 3 is 2.81 bits per heavy atom. The molecular weight excluding hydrogens is 196 g/mol. The Kier molecular flexibility index (Phi) is 2.35. The number of fused-ring (bicyclic) bond motifs is 1. The fraction of sp³-hybridized carbons (Fsp3) is 0.143. The van der Waals surface area contributed by atoms with Crippen LogP contribution in [-0.4, -0.2) is 0 Å². The second-order valence-electron chi connectivity index (χ2n) is 3.78. The van der Waals surface area contributed by atoms with E-state index in [4.69, 9.17) is 11.8 Å². The zero-order valence-electron chi connectivity index (χ0n) is 8.99. The Labute approximate surface area is 95.0 Å². The predicted molar refractivity (Wildman–Crippen MR) is 63.1 cm³/mol. The Bertz CT molecular complexity index is 563. The van der Waals surface area contributed by atoms with Crippen LogP contribution in [0.25, 0.3) is 10.4 Å². The van der Waals surface area contributed by atoms with Gasteiger partial charge in [-0.2, -0.15) is 0 Å². The molecule has 0 saturated heterocycles. The largest absolute Gasteiger partial charge is 0.269 e. The van der Waals surface area contributed by atoms with Gasteiger partial charge < -0.3 is 0 Å². The first kappa shape index (κ1) is 10.2. The topological polar surface area (TPSA) is 28.1 Å². The van der Waals surface area contributed by atoms with Gasteiger partial charge in [0.15, 0.2) is 0 Å². The van der Waals surface area contributed by atoms with Gasteiger partial charge >= 0.3 is 0 Å². The summed E-state index contributed by atoms with van der Waals surface area (Å²) in [5, 5.41) is 8.95. The number of hydrogen-bond donors (Lipinski definition) is 0. The highest BCUT2D eigenvalue weighted by atomic mass is 14.7. The molecule has 0 fully saturated rings. The van der Waals surface area contributed by atoms with Gasteiger partial charge in [-0.05, 0) is 16.7 Å². The van der Waals surface area contributed by atoms with Crippen molar-refractivity contribution in [2.24, 2.45) is 0 Å². The molecule has 76 valence electrons. The van der Waals surface area contributed by atoms with Crippen LogP contribution >= 0.6 is 0 Å². The van der Waals surface area contributed by atoms with Crippen LogP contribution < -0.4 is 0 Å². The van der Waals surface area contributed by atoms with Crippen LogP contribution in [0.3, 0.4) is 0 Å². The maximum atomic E-state index is 8.95. The molecule has 0 aliphatic heterocycles. The molecule has 1 aromatic carbocycles. The van der Waals surface area contributed by atoms with Crippen molar-refractivity contribution in [2.45, 2.75) is 12.8 Å². The van der Waals surface area contributed by atoms with Crippen molar-refractivity contribution >= 4 is 5.57 Å². The lowest BCUT2D eigenvalue weighted by atomic mass is 10.0. The van der Waals surface area contributed by atoms with E-state index in [-0.39, 0.29) is 11.6 Å². The quantitative estimate of drug-likeness (QED) is 0.471. The molecule has 1 unspecified atom stereocenters. The highest BCUT2D eigenvalue weighted by Gasteiger charge is 2.28. The lowest BCUT2D eigenvalue weighted by Gasteiger charge is -2.04. The molecule has 2 rings (SSSR count). The maximum Gasteiger partial charge on any atom is 0.269 e. The number of hydrogen-bond acceptors (Lipinski definition) is 1. The van der Waals surface area contributed by atoms with Crippen LogP contribution in [0.5, 0.6) is 0 Å². The van der Waals surface area contributed by atoms with Crippen molar-refractivity contribution < 1.29 is 0 Å². The second-order valence-corrected chi connectivity index (χ2v) is 3.78. The number of rotatable bonds is 0. The minimum absolute atomic E-state index is 0.141. The molecule has 1 atom stereocenters. The fourth-order valence-corrected chi connectivity index (χ4v) is 2.10. The number of allylic oxidation sites excluding steroid dienone is 3. The lowest BCUT2D eigenvalue weighted by molar-refractivity contribution is 0.962. The molecule has 0 bridgehead atoms. The van der Waals surface area contributed by atoms with Gasteiger partial charge in [0.2, 0.25) is 0 Å². The van der Waals surface area contributed by atoms with E-state index >= 15 is 0 Å². The average molecular weight is 206 g/mol. The van der Waals surface area contributed by atoms with E-state index in [2.05, 4.69) is 11.4 Å². The van der Waals surface area contributed by atoms with Crippen molar-refractivity contribution in [1.82, 2.24) is 0 Å². The molecular formula is C14H10N2. The first-order chi connectivity index (χ1) is 7.70. The van der Waals surface area contributed by atoms with Gasteiger partial charge in [0.1, 0.15) is 0 Å². The van der Waals surface area contributed by atoms with Crippen LogP contribution in [-0.2, 0) is 0 Å². The highest BCUT2D eigenvalue weighted by molar-refractivity contribution is 5.91. The minimum atomic E-state index is 0.141. The third kappa shape index (κ3) is 1.25. The van der Waals surface area contributed by atoms with Gasteiger partial charge in [0, 0.05) is 11.5 Å². The molecule has 0 aromatic heterocycles. The van der Waals surface area contributed by atoms with Crippen molar-refractivity contribution in [3.63, 3.8) is 0 Å². The standard InChI is InChI=1S/C14H10N2/c1-9-10(2)14(13(8-15)16-3)12-7-5-4-6-11(9)12/h4-7,9H,2H2,1H3/b14-13-. The van der Waals surface area contributed by atoms with Gasteiger partial charge in [-0.25, -0.2) is 10.1 Å². The molecule has 16 heavy (non-hydrogen) atoms. The van der Waals surface area contributed by atoms with E-state index in [1.165, 1.54) is 0 Å². The summed E-state index contributed by atoms with van der Waals surface area (Å²) in [7, 11) is 0. The normalized spacial score (nSPS) is 20.9. The molecule has 1 aromatic rings.